The summed E-state index contributed by atoms with van der Waals surface area (Å²) < 4.78 is 16.0. The minimum Gasteiger partial charge on any atom is -0.325 e. The number of hydrogen-bond acceptors (Lipinski definition) is 3. The average Bonchev–Trinajstić information content (AvgIpc) is 3.13. The molecule has 0 aliphatic carbocycles. The molecule has 0 bridgehead atoms. The van der Waals surface area contributed by atoms with Crippen LogP contribution in [0.4, 0.5) is 10.1 Å². The molecule has 5 rings (SSSR count). The number of para-hydroxylation sites is 3. The molecule has 0 atom stereocenters. The Morgan fingerprint density at radius 2 is 1.62 bits per heavy atom. The van der Waals surface area contributed by atoms with Crippen LogP contribution < -0.4 is 11.0 Å². The van der Waals surface area contributed by atoms with Gasteiger partial charge in [-0.2, -0.15) is 0 Å². The number of rotatable bonds is 3. The summed E-state index contributed by atoms with van der Waals surface area (Å²) >= 11 is 0. The maximum absolute atomic E-state index is 13.3. The molecule has 0 saturated heterocycles. The summed E-state index contributed by atoms with van der Waals surface area (Å²) in [7, 11) is 0. The molecule has 0 saturated carbocycles. The van der Waals surface area contributed by atoms with Gasteiger partial charge in [-0.25, -0.2) is 18.6 Å². The fourth-order valence-corrected chi connectivity index (χ4v) is 3.55. The molecule has 0 spiro atoms. The van der Waals surface area contributed by atoms with Gasteiger partial charge in [-0.1, -0.05) is 24.3 Å². The van der Waals surface area contributed by atoms with E-state index in [1.807, 2.05) is 42.5 Å². The number of benzene rings is 3. The van der Waals surface area contributed by atoms with Crippen LogP contribution in [0.3, 0.4) is 0 Å². The number of nitrogens with one attached hydrogen (secondary N) is 1. The third-order valence-electron chi connectivity index (χ3n) is 4.85. The van der Waals surface area contributed by atoms with Crippen molar-refractivity contribution >= 4 is 39.2 Å². The van der Waals surface area contributed by atoms with E-state index in [1.54, 1.807) is 6.07 Å². The van der Waals surface area contributed by atoms with Gasteiger partial charge < -0.3 is 5.32 Å². The van der Waals surface area contributed by atoms with E-state index in [2.05, 4.69) is 10.3 Å². The Morgan fingerprint density at radius 3 is 2.41 bits per heavy atom. The molecule has 2 aromatic heterocycles. The molecule has 7 heteroatoms. The van der Waals surface area contributed by atoms with E-state index in [0.717, 1.165) is 5.39 Å². The van der Waals surface area contributed by atoms with Crippen molar-refractivity contribution in [2.75, 3.05) is 5.32 Å². The Morgan fingerprint density at radius 1 is 0.931 bits per heavy atom. The minimum atomic E-state index is -0.386. The van der Waals surface area contributed by atoms with Crippen LogP contribution in [0.25, 0.3) is 27.6 Å². The number of carbonyl (C=O) groups excluding carboxylic acids is 1. The largest absolute Gasteiger partial charge is 0.335 e. The van der Waals surface area contributed by atoms with E-state index in [9.17, 15) is 14.0 Å². The van der Waals surface area contributed by atoms with E-state index in [4.69, 9.17) is 0 Å². The Hall–Kier alpha value is -4.00. The zero-order valence-corrected chi connectivity index (χ0v) is 15.2. The minimum absolute atomic E-state index is 0.181. The van der Waals surface area contributed by atoms with E-state index in [-0.39, 0.29) is 24.0 Å². The predicted octanol–water partition coefficient (Wildman–Crippen LogP) is 3.58. The molecule has 3 aromatic carbocycles. The van der Waals surface area contributed by atoms with Gasteiger partial charge in [-0.3, -0.25) is 9.36 Å². The molecule has 29 heavy (non-hydrogen) atoms. The van der Waals surface area contributed by atoms with Gasteiger partial charge in [0, 0.05) is 11.1 Å². The van der Waals surface area contributed by atoms with Gasteiger partial charge in [0.15, 0.2) is 5.65 Å². The van der Waals surface area contributed by atoms with Crippen molar-refractivity contribution in [1.82, 2.24) is 14.0 Å². The molecule has 1 N–H and O–H groups in total. The Bertz CT molecular complexity index is 1450. The van der Waals surface area contributed by atoms with E-state index < -0.39 is 0 Å². The molecule has 0 unspecified atom stereocenters. The second-order valence-electron chi connectivity index (χ2n) is 6.70. The van der Waals surface area contributed by atoms with Crippen LogP contribution in [0, 0.1) is 5.82 Å². The summed E-state index contributed by atoms with van der Waals surface area (Å²) in [5.74, 6) is -0.768. The summed E-state index contributed by atoms with van der Waals surface area (Å²) in [6.45, 7) is -0.181. The number of anilines is 1. The summed E-state index contributed by atoms with van der Waals surface area (Å²) in [6, 6.07) is 20.2. The quantitative estimate of drug-likeness (QED) is 0.515. The fraction of sp³-hybridized carbons (Fsp3) is 0.0455. The average molecular weight is 386 g/mol. The highest BCUT2D eigenvalue weighted by Gasteiger charge is 2.16. The van der Waals surface area contributed by atoms with Gasteiger partial charge >= 0.3 is 5.69 Å². The fourth-order valence-electron chi connectivity index (χ4n) is 3.55. The lowest BCUT2D eigenvalue weighted by molar-refractivity contribution is -0.116. The Balaban J connectivity index is 1.66. The highest BCUT2D eigenvalue weighted by atomic mass is 19.1. The monoisotopic (exact) mass is 386 g/mol. The smallest absolute Gasteiger partial charge is 0.325 e. The lowest BCUT2D eigenvalue weighted by Gasteiger charge is -2.12. The van der Waals surface area contributed by atoms with E-state index >= 15 is 0 Å². The van der Waals surface area contributed by atoms with Crippen molar-refractivity contribution in [1.29, 1.82) is 0 Å². The van der Waals surface area contributed by atoms with Gasteiger partial charge in [0.05, 0.1) is 16.6 Å². The lowest BCUT2D eigenvalue weighted by atomic mass is 10.2. The molecule has 0 aliphatic heterocycles. The summed E-state index contributed by atoms with van der Waals surface area (Å²) in [4.78, 5) is 30.5. The van der Waals surface area contributed by atoms with Gasteiger partial charge in [-0.05, 0) is 48.5 Å². The van der Waals surface area contributed by atoms with E-state index in [1.165, 1.54) is 33.2 Å². The third-order valence-corrected chi connectivity index (χ3v) is 4.85. The van der Waals surface area contributed by atoms with Crippen LogP contribution in [0.5, 0.6) is 0 Å². The normalized spacial score (nSPS) is 11.3. The first-order chi connectivity index (χ1) is 14.1. The molecule has 0 fully saturated rings. The van der Waals surface area contributed by atoms with Crippen molar-refractivity contribution in [3.05, 3.63) is 89.1 Å². The summed E-state index contributed by atoms with van der Waals surface area (Å²) in [6.07, 6.45) is 0. The number of halogens is 1. The number of amides is 1. The van der Waals surface area contributed by atoms with Crippen molar-refractivity contribution < 1.29 is 9.18 Å². The highest BCUT2D eigenvalue weighted by molar-refractivity contribution is 5.97. The number of imidazole rings is 1. The van der Waals surface area contributed by atoms with Crippen LogP contribution in [-0.4, -0.2) is 19.9 Å². The van der Waals surface area contributed by atoms with Crippen molar-refractivity contribution in [2.45, 2.75) is 6.54 Å². The van der Waals surface area contributed by atoms with Gasteiger partial charge in [0.2, 0.25) is 5.91 Å². The molecule has 0 radical (unpaired) electrons. The molecular weight excluding hydrogens is 371 g/mol. The first kappa shape index (κ1) is 17.1. The molecule has 5 aromatic rings. The van der Waals surface area contributed by atoms with Crippen molar-refractivity contribution in [3.63, 3.8) is 0 Å². The van der Waals surface area contributed by atoms with Gasteiger partial charge in [0.25, 0.3) is 0 Å². The second kappa shape index (κ2) is 6.56. The Kier molecular flexibility index (Phi) is 3.87. The summed E-state index contributed by atoms with van der Waals surface area (Å²) in [5, 5.41) is 3.47. The molecule has 142 valence electrons. The third kappa shape index (κ3) is 2.84. The molecular formula is C22H15FN4O2. The van der Waals surface area contributed by atoms with Crippen molar-refractivity contribution in [3.8, 4) is 0 Å². The predicted molar refractivity (Wildman–Crippen MR) is 109 cm³/mol. The molecule has 6 nitrogen and oxygen atoms in total. The summed E-state index contributed by atoms with van der Waals surface area (Å²) in [5.41, 5.74) is 2.69. The number of carbonyl (C=O) groups is 1. The van der Waals surface area contributed by atoms with Crippen LogP contribution in [0.15, 0.2) is 77.6 Å². The van der Waals surface area contributed by atoms with Crippen LogP contribution in [0.1, 0.15) is 0 Å². The number of hydrogen-bond donors (Lipinski definition) is 1. The molecule has 1 amide bonds. The zero-order valence-electron chi connectivity index (χ0n) is 15.2. The van der Waals surface area contributed by atoms with Crippen LogP contribution >= 0.6 is 0 Å². The first-order valence-electron chi connectivity index (χ1n) is 9.06. The topological polar surface area (TPSA) is 68.4 Å². The number of fused-ring (bicyclic) bond motifs is 5. The highest BCUT2D eigenvalue weighted by Crippen LogP contribution is 2.22. The van der Waals surface area contributed by atoms with Crippen LogP contribution in [0.2, 0.25) is 0 Å². The SMILES string of the molecule is O=C(Cn1c(=O)n2c3ccccc3nc2c2ccccc21)Nc1ccc(F)cc1. The standard InChI is InChI=1S/C22H15FN4O2/c23-14-9-11-15(12-10-14)24-20(28)13-26-18-7-3-1-5-16(18)21-25-17-6-2-4-8-19(17)27(21)22(26)29/h1-12H,13H2,(H,24,28). The first-order valence-corrected chi connectivity index (χ1v) is 9.06. The van der Waals surface area contributed by atoms with Crippen LogP contribution in [-0.2, 0) is 11.3 Å². The van der Waals surface area contributed by atoms with Gasteiger partial charge in [-0.15, -0.1) is 0 Å². The van der Waals surface area contributed by atoms with Gasteiger partial charge in [0.1, 0.15) is 12.4 Å². The number of nitrogens with zero attached hydrogens (tertiary/aromatic N) is 3. The van der Waals surface area contributed by atoms with Crippen molar-refractivity contribution in [2.24, 2.45) is 0 Å². The number of aromatic nitrogens is 3. The lowest BCUT2D eigenvalue weighted by Crippen LogP contribution is -2.32. The maximum Gasteiger partial charge on any atom is 0.335 e. The molecule has 0 aliphatic rings. The zero-order chi connectivity index (χ0) is 20.0. The second-order valence-corrected chi connectivity index (χ2v) is 6.70. The molecule has 2 heterocycles. The van der Waals surface area contributed by atoms with E-state index in [0.29, 0.717) is 27.9 Å². The maximum atomic E-state index is 13.3. The Labute approximate surface area is 163 Å².